The van der Waals surface area contributed by atoms with Gasteiger partial charge in [0.1, 0.15) is 6.42 Å². The highest BCUT2D eigenvalue weighted by Gasteiger charge is 2.10. The maximum atomic E-state index is 11.9. The Balaban J connectivity index is 1.71. The largest absolute Gasteiger partial charge is 0.493 e. The van der Waals surface area contributed by atoms with Crippen molar-refractivity contribution in [2.75, 3.05) is 20.8 Å². The van der Waals surface area contributed by atoms with Crippen LogP contribution in [0.5, 0.6) is 11.5 Å². The molecule has 0 heterocycles. The van der Waals surface area contributed by atoms with Crippen LogP contribution in [0.4, 0.5) is 0 Å². The van der Waals surface area contributed by atoms with Crippen molar-refractivity contribution in [1.29, 1.82) is 0 Å². The standard InChI is InChI=1S/C20H24N2O4/c1-25-17-9-8-16(12-18(17)26-2)14-22-20(24)13-19(23)21-11-10-15-6-4-3-5-7-15/h3-9,12H,10-11,13-14H2,1-2H3,(H,21,23)(H,22,24). The minimum Gasteiger partial charge on any atom is -0.493 e. The van der Waals surface area contributed by atoms with Gasteiger partial charge in [-0.1, -0.05) is 36.4 Å². The summed E-state index contributed by atoms with van der Waals surface area (Å²) in [5, 5.41) is 5.49. The lowest BCUT2D eigenvalue weighted by Crippen LogP contribution is -2.32. The number of benzene rings is 2. The van der Waals surface area contributed by atoms with E-state index in [0.29, 0.717) is 24.6 Å². The fourth-order valence-corrected chi connectivity index (χ4v) is 2.45. The summed E-state index contributed by atoms with van der Waals surface area (Å²) in [4.78, 5) is 23.7. The van der Waals surface area contributed by atoms with Crippen molar-refractivity contribution in [1.82, 2.24) is 10.6 Å². The first-order valence-electron chi connectivity index (χ1n) is 8.40. The highest BCUT2D eigenvalue weighted by molar-refractivity contribution is 5.96. The van der Waals surface area contributed by atoms with Crippen LogP contribution in [0, 0.1) is 0 Å². The average molecular weight is 356 g/mol. The molecule has 6 nitrogen and oxygen atoms in total. The van der Waals surface area contributed by atoms with Crippen molar-refractivity contribution in [2.24, 2.45) is 0 Å². The van der Waals surface area contributed by atoms with Gasteiger partial charge < -0.3 is 20.1 Å². The first-order chi connectivity index (χ1) is 12.6. The molecule has 0 saturated heterocycles. The molecule has 0 spiro atoms. The fraction of sp³-hybridized carbons (Fsp3) is 0.300. The van der Waals surface area contributed by atoms with Gasteiger partial charge in [-0.15, -0.1) is 0 Å². The molecule has 0 aliphatic heterocycles. The molecular weight excluding hydrogens is 332 g/mol. The van der Waals surface area contributed by atoms with Crippen LogP contribution < -0.4 is 20.1 Å². The summed E-state index contributed by atoms with van der Waals surface area (Å²) in [5.74, 6) is 0.612. The summed E-state index contributed by atoms with van der Waals surface area (Å²) in [6.07, 6.45) is 0.544. The number of amides is 2. The van der Waals surface area contributed by atoms with Gasteiger partial charge in [-0.2, -0.15) is 0 Å². The molecule has 0 fully saturated rings. The van der Waals surface area contributed by atoms with Crippen LogP contribution in [0.1, 0.15) is 17.5 Å². The summed E-state index contributed by atoms with van der Waals surface area (Å²) < 4.78 is 10.4. The summed E-state index contributed by atoms with van der Waals surface area (Å²) in [6, 6.07) is 15.3. The normalized spacial score (nSPS) is 10.1. The molecular formula is C20H24N2O4. The van der Waals surface area contributed by atoms with Gasteiger partial charge in [0.25, 0.3) is 0 Å². The van der Waals surface area contributed by atoms with Gasteiger partial charge in [-0.05, 0) is 29.7 Å². The average Bonchev–Trinajstić information content (AvgIpc) is 2.67. The van der Waals surface area contributed by atoms with Crippen LogP contribution in [0.15, 0.2) is 48.5 Å². The quantitative estimate of drug-likeness (QED) is 0.675. The van der Waals surface area contributed by atoms with Crippen LogP contribution >= 0.6 is 0 Å². The number of hydrogen-bond donors (Lipinski definition) is 2. The third kappa shape index (κ3) is 6.12. The van der Waals surface area contributed by atoms with E-state index in [1.54, 1.807) is 26.4 Å². The minimum absolute atomic E-state index is 0.192. The van der Waals surface area contributed by atoms with E-state index in [1.807, 2.05) is 36.4 Å². The zero-order chi connectivity index (χ0) is 18.8. The summed E-state index contributed by atoms with van der Waals surface area (Å²) >= 11 is 0. The molecule has 0 aromatic heterocycles. The lowest BCUT2D eigenvalue weighted by atomic mass is 10.1. The lowest BCUT2D eigenvalue weighted by Gasteiger charge is -2.10. The Morgan fingerprint density at radius 1 is 0.846 bits per heavy atom. The second-order valence-corrected chi connectivity index (χ2v) is 5.73. The molecule has 2 rings (SSSR count). The second-order valence-electron chi connectivity index (χ2n) is 5.73. The fourth-order valence-electron chi connectivity index (χ4n) is 2.45. The number of hydrogen-bond acceptors (Lipinski definition) is 4. The van der Waals surface area contributed by atoms with Gasteiger partial charge >= 0.3 is 0 Å². The van der Waals surface area contributed by atoms with E-state index in [4.69, 9.17) is 9.47 Å². The summed E-state index contributed by atoms with van der Waals surface area (Å²) in [5.41, 5.74) is 2.01. The number of ether oxygens (including phenoxy) is 2. The Morgan fingerprint density at radius 2 is 1.54 bits per heavy atom. The Labute approximate surface area is 153 Å². The monoisotopic (exact) mass is 356 g/mol. The van der Waals surface area contributed by atoms with Gasteiger partial charge in [0.15, 0.2) is 11.5 Å². The zero-order valence-electron chi connectivity index (χ0n) is 15.1. The molecule has 2 aromatic rings. The van der Waals surface area contributed by atoms with Crippen molar-refractivity contribution >= 4 is 11.8 Å². The molecule has 138 valence electrons. The topological polar surface area (TPSA) is 76.7 Å². The third-order valence-corrected chi connectivity index (χ3v) is 3.84. The maximum Gasteiger partial charge on any atom is 0.229 e. The molecule has 0 radical (unpaired) electrons. The third-order valence-electron chi connectivity index (χ3n) is 3.84. The van der Waals surface area contributed by atoms with E-state index in [0.717, 1.165) is 17.5 Å². The zero-order valence-corrected chi connectivity index (χ0v) is 15.1. The maximum absolute atomic E-state index is 11.9. The predicted octanol–water partition coefficient (Wildman–Crippen LogP) is 2.07. The molecule has 6 heteroatoms. The first kappa shape index (κ1) is 19.3. The molecule has 2 aromatic carbocycles. The Hall–Kier alpha value is -3.02. The molecule has 2 amide bonds. The number of methoxy groups -OCH3 is 2. The SMILES string of the molecule is COc1ccc(CNC(=O)CC(=O)NCCc2ccccc2)cc1OC. The van der Waals surface area contributed by atoms with E-state index >= 15 is 0 Å². The van der Waals surface area contributed by atoms with E-state index in [1.165, 1.54) is 0 Å². The van der Waals surface area contributed by atoms with Crippen molar-refractivity contribution in [2.45, 2.75) is 19.4 Å². The number of carbonyl (C=O) groups excluding carboxylic acids is 2. The van der Waals surface area contributed by atoms with Gasteiger partial charge in [-0.25, -0.2) is 0 Å². The van der Waals surface area contributed by atoms with Crippen molar-refractivity contribution in [3.8, 4) is 11.5 Å². The molecule has 0 bridgehead atoms. The molecule has 0 unspecified atom stereocenters. The molecule has 26 heavy (non-hydrogen) atoms. The van der Waals surface area contributed by atoms with Gasteiger partial charge in [0, 0.05) is 13.1 Å². The minimum atomic E-state index is -0.322. The van der Waals surface area contributed by atoms with Crippen molar-refractivity contribution in [3.63, 3.8) is 0 Å². The Bertz CT molecular complexity index is 732. The molecule has 2 N–H and O–H groups in total. The van der Waals surface area contributed by atoms with Crippen LogP contribution in [-0.4, -0.2) is 32.6 Å². The van der Waals surface area contributed by atoms with Crippen LogP contribution in [0.2, 0.25) is 0 Å². The summed E-state index contributed by atoms with van der Waals surface area (Å²) in [7, 11) is 3.12. The highest BCUT2D eigenvalue weighted by atomic mass is 16.5. The van der Waals surface area contributed by atoms with E-state index in [9.17, 15) is 9.59 Å². The van der Waals surface area contributed by atoms with Crippen LogP contribution in [0.3, 0.4) is 0 Å². The first-order valence-corrected chi connectivity index (χ1v) is 8.40. The van der Waals surface area contributed by atoms with Gasteiger partial charge in [0.2, 0.25) is 11.8 Å². The van der Waals surface area contributed by atoms with Crippen LogP contribution in [0.25, 0.3) is 0 Å². The number of rotatable bonds is 9. The van der Waals surface area contributed by atoms with Gasteiger partial charge in [0.05, 0.1) is 14.2 Å². The molecule has 0 aliphatic carbocycles. The molecule has 0 saturated carbocycles. The van der Waals surface area contributed by atoms with Gasteiger partial charge in [-0.3, -0.25) is 9.59 Å². The summed E-state index contributed by atoms with van der Waals surface area (Å²) in [6.45, 7) is 0.822. The Morgan fingerprint density at radius 3 is 2.23 bits per heavy atom. The number of nitrogens with one attached hydrogen (secondary N) is 2. The van der Waals surface area contributed by atoms with Crippen molar-refractivity contribution in [3.05, 3.63) is 59.7 Å². The second kappa shape index (κ2) is 10.1. The number of carbonyl (C=O) groups is 2. The van der Waals surface area contributed by atoms with E-state index in [-0.39, 0.29) is 18.2 Å². The smallest absolute Gasteiger partial charge is 0.229 e. The molecule has 0 atom stereocenters. The predicted molar refractivity (Wildman–Crippen MR) is 99.2 cm³/mol. The Kier molecular flexibility index (Phi) is 7.49. The van der Waals surface area contributed by atoms with Crippen molar-refractivity contribution < 1.29 is 19.1 Å². The van der Waals surface area contributed by atoms with E-state index in [2.05, 4.69) is 10.6 Å². The lowest BCUT2D eigenvalue weighted by molar-refractivity contribution is -0.129. The van der Waals surface area contributed by atoms with E-state index < -0.39 is 0 Å². The highest BCUT2D eigenvalue weighted by Crippen LogP contribution is 2.27. The van der Waals surface area contributed by atoms with Crippen LogP contribution in [-0.2, 0) is 22.6 Å². The molecule has 0 aliphatic rings.